The van der Waals surface area contributed by atoms with E-state index >= 15 is 0 Å². The largest absolute Gasteiger partial charge is 0.573 e. The third-order valence-corrected chi connectivity index (χ3v) is 2.76. The second kappa shape index (κ2) is 5.94. The monoisotopic (exact) mass is 312 g/mol. The molecule has 7 heteroatoms. The van der Waals surface area contributed by atoms with E-state index in [2.05, 4.69) is 10.1 Å². The maximum absolute atomic E-state index is 12.2. The van der Waals surface area contributed by atoms with Crippen molar-refractivity contribution in [1.29, 1.82) is 5.26 Å². The molecular weight excluding hydrogens is 305 g/mol. The van der Waals surface area contributed by atoms with Crippen molar-refractivity contribution in [3.05, 3.63) is 53.1 Å². The number of ether oxygens (including phenoxy) is 1. The molecule has 0 saturated heterocycles. The molecule has 0 heterocycles. The van der Waals surface area contributed by atoms with Gasteiger partial charge in [-0.05, 0) is 30.3 Å². The molecule has 2 aromatic rings. The molecule has 0 aromatic heterocycles. The third kappa shape index (κ3) is 4.29. The van der Waals surface area contributed by atoms with E-state index in [0.29, 0.717) is 16.9 Å². The fourth-order valence-corrected chi connectivity index (χ4v) is 1.84. The first-order chi connectivity index (χ1) is 9.87. The molecule has 0 bridgehead atoms. The molecule has 0 aliphatic carbocycles. The van der Waals surface area contributed by atoms with Crippen molar-refractivity contribution >= 4 is 23.0 Å². The number of nitrogens with one attached hydrogen (secondary N) is 1. The molecular formula is C14H8ClF3N2O. The lowest BCUT2D eigenvalue weighted by Gasteiger charge is -2.12. The Balaban J connectivity index is 2.20. The van der Waals surface area contributed by atoms with Crippen LogP contribution in [0.1, 0.15) is 5.56 Å². The van der Waals surface area contributed by atoms with Crippen molar-refractivity contribution in [3.63, 3.8) is 0 Å². The zero-order chi connectivity index (χ0) is 15.5. The van der Waals surface area contributed by atoms with Crippen molar-refractivity contribution in [2.24, 2.45) is 0 Å². The Labute approximate surface area is 123 Å². The summed E-state index contributed by atoms with van der Waals surface area (Å²) in [6.45, 7) is 0. The van der Waals surface area contributed by atoms with Gasteiger partial charge in [-0.1, -0.05) is 17.7 Å². The molecule has 0 aliphatic heterocycles. The summed E-state index contributed by atoms with van der Waals surface area (Å²) in [5.41, 5.74) is 1.24. The highest BCUT2D eigenvalue weighted by atomic mass is 35.5. The van der Waals surface area contributed by atoms with E-state index in [1.165, 1.54) is 24.3 Å². The summed E-state index contributed by atoms with van der Waals surface area (Å²) in [5, 5.41) is 11.9. The molecule has 0 saturated carbocycles. The van der Waals surface area contributed by atoms with E-state index in [-0.39, 0.29) is 10.8 Å². The zero-order valence-electron chi connectivity index (χ0n) is 10.4. The number of nitriles is 1. The summed E-state index contributed by atoms with van der Waals surface area (Å²) in [4.78, 5) is 0. The van der Waals surface area contributed by atoms with Gasteiger partial charge in [-0.15, -0.1) is 13.2 Å². The Hall–Kier alpha value is -2.39. The number of hydrogen-bond donors (Lipinski definition) is 1. The lowest BCUT2D eigenvalue weighted by Crippen LogP contribution is -2.17. The lowest BCUT2D eigenvalue weighted by molar-refractivity contribution is -0.274. The van der Waals surface area contributed by atoms with E-state index in [9.17, 15) is 13.2 Å². The summed E-state index contributed by atoms with van der Waals surface area (Å²) in [6, 6.07) is 11.9. The van der Waals surface area contributed by atoms with E-state index < -0.39 is 6.36 Å². The Morgan fingerprint density at radius 3 is 2.52 bits per heavy atom. The van der Waals surface area contributed by atoms with E-state index in [4.69, 9.17) is 16.9 Å². The smallest absolute Gasteiger partial charge is 0.406 e. The van der Waals surface area contributed by atoms with Crippen LogP contribution < -0.4 is 10.1 Å². The molecule has 0 aliphatic rings. The lowest BCUT2D eigenvalue weighted by atomic mass is 10.2. The van der Waals surface area contributed by atoms with Crippen LogP contribution in [0.2, 0.25) is 5.02 Å². The summed E-state index contributed by atoms with van der Waals surface area (Å²) in [6.07, 6.45) is -4.75. The summed E-state index contributed by atoms with van der Waals surface area (Å²) >= 11 is 5.98. The second-order valence-electron chi connectivity index (χ2n) is 4.01. The molecule has 1 N–H and O–H groups in total. The fourth-order valence-electron chi connectivity index (χ4n) is 1.61. The summed E-state index contributed by atoms with van der Waals surface area (Å²) in [5.74, 6) is -0.336. The highest BCUT2D eigenvalue weighted by molar-refractivity contribution is 6.33. The summed E-state index contributed by atoms with van der Waals surface area (Å²) < 4.78 is 40.3. The minimum Gasteiger partial charge on any atom is -0.406 e. The molecule has 2 rings (SSSR count). The van der Waals surface area contributed by atoms with Gasteiger partial charge in [0.1, 0.15) is 5.75 Å². The third-order valence-electron chi connectivity index (χ3n) is 2.44. The molecule has 0 fully saturated rings. The molecule has 21 heavy (non-hydrogen) atoms. The maximum atomic E-state index is 12.2. The van der Waals surface area contributed by atoms with Gasteiger partial charge >= 0.3 is 6.36 Å². The van der Waals surface area contributed by atoms with Crippen LogP contribution in [0.4, 0.5) is 24.5 Å². The first-order valence-electron chi connectivity index (χ1n) is 5.70. The minimum absolute atomic E-state index is 0.288. The van der Waals surface area contributed by atoms with Crippen molar-refractivity contribution in [3.8, 4) is 11.8 Å². The van der Waals surface area contributed by atoms with Crippen LogP contribution in [0.3, 0.4) is 0 Å². The van der Waals surface area contributed by atoms with E-state index in [1.807, 2.05) is 6.07 Å². The number of halogens is 4. The zero-order valence-corrected chi connectivity index (χ0v) is 11.2. The van der Waals surface area contributed by atoms with Crippen LogP contribution in [0.15, 0.2) is 42.5 Å². The number of nitrogens with zero attached hydrogens (tertiary/aromatic N) is 1. The van der Waals surface area contributed by atoms with Crippen LogP contribution in [0.5, 0.6) is 5.75 Å². The van der Waals surface area contributed by atoms with Gasteiger partial charge in [0.05, 0.1) is 22.3 Å². The van der Waals surface area contributed by atoms with Crippen LogP contribution in [0.25, 0.3) is 0 Å². The molecule has 0 spiro atoms. The van der Waals surface area contributed by atoms with Gasteiger partial charge in [0.25, 0.3) is 0 Å². The first kappa shape index (κ1) is 15.0. The second-order valence-corrected chi connectivity index (χ2v) is 4.41. The first-order valence-corrected chi connectivity index (χ1v) is 6.08. The molecule has 0 atom stereocenters. The quantitative estimate of drug-likeness (QED) is 0.880. The van der Waals surface area contributed by atoms with Crippen LogP contribution in [-0.2, 0) is 0 Å². The highest BCUT2D eigenvalue weighted by Crippen LogP contribution is 2.29. The predicted molar refractivity (Wildman–Crippen MR) is 72.6 cm³/mol. The number of hydrogen-bond acceptors (Lipinski definition) is 3. The Morgan fingerprint density at radius 2 is 1.90 bits per heavy atom. The van der Waals surface area contributed by atoms with Gasteiger partial charge in [0, 0.05) is 11.8 Å². The fraction of sp³-hybridized carbons (Fsp3) is 0.0714. The van der Waals surface area contributed by atoms with Gasteiger partial charge < -0.3 is 10.1 Å². The number of anilines is 2. The Bertz CT molecular complexity index is 695. The van der Waals surface area contributed by atoms with Crippen LogP contribution in [0, 0.1) is 11.3 Å². The highest BCUT2D eigenvalue weighted by Gasteiger charge is 2.31. The number of alkyl halides is 3. The topological polar surface area (TPSA) is 45.0 Å². The molecule has 0 radical (unpaired) electrons. The molecule has 3 nitrogen and oxygen atoms in total. The van der Waals surface area contributed by atoms with Crippen LogP contribution >= 0.6 is 11.6 Å². The van der Waals surface area contributed by atoms with Crippen molar-refractivity contribution in [1.82, 2.24) is 0 Å². The average molecular weight is 313 g/mol. The molecule has 108 valence electrons. The maximum Gasteiger partial charge on any atom is 0.573 e. The Kier molecular flexibility index (Phi) is 4.24. The van der Waals surface area contributed by atoms with Gasteiger partial charge in [-0.25, -0.2) is 0 Å². The molecule has 0 unspecified atom stereocenters. The minimum atomic E-state index is -4.75. The number of rotatable bonds is 3. The molecule has 0 amide bonds. The van der Waals surface area contributed by atoms with E-state index in [0.717, 1.165) is 0 Å². The predicted octanol–water partition coefficient (Wildman–Crippen LogP) is 4.85. The Morgan fingerprint density at radius 1 is 1.14 bits per heavy atom. The van der Waals surface area contributed by atoms with Gasteiger partial charge in [0.15, 0.2) is 0 Å². The normalized spacial score (nSPS) is 10.8. The van der Waals surface area contributed by atoms with Gasteiger partial charge in [0.2, 0.25) is 0 Å². The van der Waals surface area contributed by atoms with Crippen molar-refractivity contribution in [2.45, 2.75) is 6.36 Å². The van der Waals surface area contributed by atoms with Gasteiger partial charge in [-0.3, -0.25) is 0 Å². The van der Waals surface area contributed by atoms with Crippen LogP contribution in [-0.4, -0.2) is 6.36 Å². The van der Waals surface area contributed by atoms with Crippen molar-refractivity contribution < 1.29 is 17.9 Å². The standard InChI is InChI=1S/C14H8ClF3N2O/c15-12-6-9(8-19)4-5-13(12)20-10-2-1-3-11(7-10)21-14(16,17)18/h1-7,20H. The molecule has 2 aromatic carbocycles. The van der Waals surface area contributed by atoms with Crippen molar-refractivity contribution in [2.75, 3.05) is 5.32 Å². The summed E-state index contributed by atoms with van der Waals surface area (Å²) in [7, 11) is 0. The van der Waals surface area contributed by atoms with Gasteiger partial charge in [-0.2, -0.15) is 5.26 Å². The average Bonchev–Trinajstić information content (AvgIpc) is 2.39. The SMILES string of the molecule is N#Cc1ccc(Nc2cccc(OC(F)(F)F)c2)c(Cl)c1. The van der Waals surface area contributed by atoms with E-state index in [1.54, 1.807) is 18.2 Å². The number of benzene rings is 2.